The van der Waals surface area contributed by atoms with Crippen LogP contribution >= 0.6 is 0 Å². The first-order chi connectivity index (χ1) is 13.1. The minimum Gasteiger partial charge on any atom is -0.554 e. The van der Waals surface area contributed by atoms with Gasteiger partial charge in [0.05, 0.1) is 20.6 Å². The molecular weight excluding hydrogens is 334 g/mol. The predicted octanol–water partition coefficient (Wildman–Crippen LogP) is 5.33. The molecule has 3 nitrogen and oxygen atoms in total. The highest BCUT2D eigenvalue weighted by atomic mass is 16.3. The average molecular weight is 378 g/mol. The zero-order chi connectivity index (χ0) is 20.2. The lowest BCUT2D eigenvalue weighted by atomic mass is 10.1. The van der Waals surface area contributed by atoms with E-state index in [1.165, 1.54) is 89.2 Å². The Hall–Kier alpha value is -1.35. The van der Waals surface area contributed by atoms with Crippen LogP contribution in [-0.4, -0.2) is 31.6 Å². The van der Waals surface area contributed by atoms with E-state index in [1.807, 2.05) is 0 Å². The van der Waals surface area contributed by atoms with E-state index in [9.17, 15) is 0 Å². The molecule has 3 heteroatoms. The molecule has 0 aliphatic carbocycles. The quantitative estimate of drug-likeness (QED) is 0.235. The van der Waals surface area contributed by atoms with Gasteiger partial charge in [-0.05, 0) is 12.8 Å². The molecule has 0 N–H and O–H groups in total. The Morgan fingerprint density at radius 2 is 1.19 bits per heavy atom. The highest BCUT2D eigenvalue weighted by molar-refractivity contribution is 5.29. The highest BCUT2D eigenvalue weighted by Gasteiger charge is 2.14. The average Bonchev–Trinajstić information content (AvgIpc) is 2.64. The van der Waals surface area contributed by atoms with Crippen LogP contribution in [0.25, 0.3) is 0 Å². The molecule has 0 radical (unpaired) electrons. The summed E-state index contributed by atoms with van der Waals surface area (Å²) in [6, 6.07) is 10.9. The number of carbonyl (C=O) groups excluding carboxylic acids is 1. The maximum atomic E-state index is 8.25. The Morgan fingerprint density at radius 1 is 0.778 bits per heavy atom. The van der Waals surface area contributed by atoms with Gasteiger partial charge in [0, 0.05) is 12.0 Å². The lowest BCUT2D eigenvalue weighted by Crippen LogP contribution is -2.39. The molecule has 0 spiro atoms. The van der Waals surface area contributed by atoms with Gasteiger partial charge in [0.25, 0.3) is 0 Å². The summed E-state index contributed by atoms with van der Waals surface area (Å²) in [5.74, 6) is 0. The van der Waals surface area contributed by atoms with E-state index in [1.54, 1.807) is 0 Å². The zero-order valence-electron chi connectivity index (χ0n) is 18.1. The van der Waals surface area contributed by atoms with E-state index in [0.717, 1.165) is 11.0 Å². The van der Waals surface area contributed by atoms with Gasteiger partial charge in [0.15, 0.2) is 0 Å². The van der Waals surface area contributed by atoms with Crippen LogP contribution in [-0.2, 0) is 11.3 Å². The Bertz CT molecular complexity index is 431. The molecular formula is C24H43NO2. The van der Waals surface area contributed by atoms with Gasteiger partial charge in [-0.2, -0.15) is 0 Å². The summed E-state index contributed by atoms with van der Waals surface area (Å²) < 4.78 is 1.11. The summed E-state index contributed by atoms with van der Waals surface area (Å²) in [6.45, 7) is 4.24. The first-order valence-electron chi connectivity index (χ1n) is 11.0. The summed E-state index contributed by atoms with van der Waals surface area (Å²) in [5.41, 5.74) is 1.46. The van der Waals surface area contributed by atoms with Crippen LogP contribution in [0.4, 0.5) is 0 Å². The second-order valence-corrected chi connectivity index (χ2v) is 8.29. The Kier molecular flexibility index (Phi) is 17.1. The molecule has 0 atom stereocenters. The van der Waals surface area contributed by atoms with Crippen LogP contribution in [0, 0.1) is 0 Å². The molecule has 0 fully saturated rings. The van der Waals surface area contributed by atoms with Crippen molar-refractivity contribution in [2.24, 2.45) is 0 Å². The third kappa shape index (κ3) is 17.8. The minimum absolute atomic E-state index is 0.500. The largest absolute Gasteiger partial charge is 0.554 e. The maximum Gasteiger partial charge on any atom is 0.104 e. The van der Waals surface area contributed by atoms with Gasteiger partial charge in [-0.15, -0.1) is 0 Å². The Balaban J connectivity index is 0.00000210. The van der Waals surface area contributed by atoms with Crippen LogP contribution in [0.15, 0.2) is 30.3 Å². The number of benzene rings is 1. The van der Waals surface area contributed by atoms with Crippen LogP contribution < -0.4 is 5.11 Å². The molecule has 156 valence electrons. The number of nitrogens with zero attached hydrogens (tertiary/aromatic N) is 1. The van der Waals surface area contributed by atoms with E-state index in [4.69, 9.17) is 9.90 Å². The van der Waals surface area contributed by atoms with Crippen molar-refractivity contribution in [3.05, 3.63) is 35.9 Å². The third-order valence-corrected chi connectivity index (χ3v) is 5.07. The van der Waals surface area contributed by atoms with Crippen LogP contribution in [0.3, 0.4) is 0 Å². The number of carboxylic acid groups (broad SMARTS) is 1. The summed E-state index contributed by atoms with van der Waals surface area (Å²) in [4.78, 5) is 8.25. The second kappa shape index (κ2) is 18.0. The van der Waals surface area contributed by atoms with Gasteiger partial charge in [0.1, 0.15) is 6.54 Å². The van der Waals surface area contributed by atoms with Crippen LogP contribution in [0.2, 0.25) is 0 Å². The molecule has 0 bridgehead atoms. The lowest BCUT2D eigenvalue weighted by Gasteiger charge is -2.30. The van der Waals surface area contributed by atoms with Gasteiger partial charge in [-0.1, -0.05) is 101 Å². The van der Waals surface area contributed by atoms with Crippen molar-refractivity contribution in [3.63, 3.8) is 0 Å². The smallest absolute Gasteiger partial charge is 0.104 e. The van der Waals surface area contributed by atoms with Gasteiger partial charge >= 0.3 is 0 Å². The molecule has 0 aliphatic heterocycles. The first-order valence-corrected chi connectivity index (χ1v) is 11.0. The van der Waals surface area contributed by atoms with Crippen molar-refractivity contribution in [1.29, 1.82) is 0 Å². The number of rotatable bonds is 15. The number of unbranched alkanes of at least 4 members (excludes halogenated alkanes) is 11. The fraction of sp³-hybridized carbons (Fsp3) is 0.708. The Labute approximate surface area is 168 Å². The standard InChI is InChI=1S/C23H42N.CH2O2/c1-4-5-6-7-8-9-10-11-12-13-14-18-21-24(2,3)22-23-19-16-15-17-20-23;2-1-3/h15-17,19-20H,4-14,18,21-22H2,1-3H3;1H,(H,2,3)/q+1;/p-1. The third-order valence-electron chi connectivity index (χ3n) is 5.07. The zero-order valence-corrected chi connectivity index (χ0v) is 18.1. The first kappa shape index (κ1) is 25.6. The van der Waals surface area contributed by atoms with E-state index < -0.39 is 6.47 Å². The molecule has 0 saturated heterocycles. The Morgan fingerprint density at radius 3 is 1.63 bits per heavy atom. The van der Waals surface area contributed by atoms with E-state index >= 15 is 0 Å². The summed E-state index contributed by atoms with van der Waals surface area (Å²) >= 11 is 0. The maximum absolute atomic E-state index is 8.25. The number of carbonyl (C=O) groups is 1. The number of quaternary nitrogens is 1. The van der Waals surface area contributed by atoms with E-state index in [-0.39, 0.29) is 0 Å². The summed E-state index contributed by atoms with van der Waals surface area (Å²) in [5, 5.41) is 8.25. The van der Waals surface area contributed by atoms with Gasteiger partial charge in [0.2, 0.25) is 0 Å². The monoisotopic (exact) mass is 377 g/mol. The van der Waals surface area contributed by atoms with Gasteiger partial charge in [-0.3, -0.25) is 0 Å². The molecule has 0 amide bonds. The van der Waals surface area contributed by atoms with E-state index in [0.29, 0.717) is 0 Å². The van der Waals surface area contributed by atoms with Crippen molar-refractivity contribution in [1.82, 2.24) is 0 Å². The van der Waals surface area contributed by atoms with Crippen molar-refractivity contribution >= 4 is 6.47 Å². The number of hydrogen-bond donors (Lipinski definition) is 0. The topological polar surface area (TPSA) is 40.1 Å². The highest BCUT2D eigenvalue weighted by Crippen LogP contribution is 2.14. The predicted molar refractivity (Wildman–Crippen MR) is 114 cm³/mol. The molecule has 0 saturated carbocycles. The van der Waals surface area contributed by atoms with Gasteiger partial charge < -0.3 is 14.4 Å². The molecule has 1 rings (SSSR count). The molecule has 1 aromatic rings. The SMILES string of the molecule is CCCCCCCCCCCCCC[N+](C)(C)Cc1ccccc1.O=C[O-]. The molecule has 0 aromatic heterocycles. The van der Waals surface area contributed by atoms with Crippen molar-refractivity contribution in [2.45, 2.75) is 90.5 Å². The van der Waals surface area contributed by atoms with Crippen molar-refractivity contribution in [2.75, 3.05) is 20.6 Å². The van der Waals surface area contributed by atoms with Crippen molar-refractivity contribution < 1.29 is 14.4 Å². The summed E-state index contributed by atoms with van der Waals surface area (Å²) in [7, 11) is 4.73. The van der Waals surface area contributed by atoms with Crippen LogP contribution in [0.1, 0.15) is 89.5 Å². The molecule has 0 heterocycles. The van der Waals surface area contributed by atoms with Gasteiger partial charge in [-0.25, -0.2) is 0 Å². The minimum atomic E-state index is -0.500. The molecule has 0 aliphatic rings. The van der Waals surface area contributed by atoms with Crippen LogP contribution in [0.5, 0.6) is 0 Å². The molecule has 1 aromatic carbocycles. The second-order valence-electron chi connectivity index (χ2n) is 8.29. The lowest BCUT2D eigenvalue weighted by molar-refractivity contribution is -0.903. The fourth-order valence-corrected chi connectivity index (χ4v) is 3.54. The van der Waals surface area contributed by atoms with Crippen molar-refractivity contribution in [3.8, 4) is 0 Å². The molecule has 0 unspecified atom stereocenters. The normalized spacial score (nSPS) is 10.9. The summed E-state index contributed by atoms with van der Waals surface area (Å²) in [6.07, 6.45) is 17.2. The fourth-order valence-electron chi connectivity index (χ4n) is 3.54. The van der Waals surface area contributed by atoms with E-state index in [2.05, 4.69) is 51.4 Å². The number of hydrogen-bond acceptors (Lipinski definition) is 2. The molecule has 27 heavy (non-hydrogen) atoms.